The summed E-state index contributed by atoms with van der Waals surface area (Å²) in [4.78, 5) is 12.3. The average Bonchev–Trinajstić information content (AvgIpc) is 2.45. The Morgan fingerprint density at radius 3 is 2.76 bits per heavy atom. The Balaban J connectivity index is 2.22. The van der Waals surface area contributed by atoms with E-state index in [2.05, 4.69) is 5.32 Å². The normalized spacial score (nSPS) is 10.2. The molecule has 0 radical (unpaired) electrons. The fourth-order valence-corrected chi connectivity index (χ4v) is 2.13. The average molecular weight is 305 g/mol. The van der Waals surface area contributed by atoms with E-state index in [4.69, 9.17) is 22.1 Å². The number of nitrogen functional groups attached to an aromatic ring is 1. The second-order valence-corrected chi connectivity index (χ2v) is 4.97. The molecule has 0 bridgehead atoms. The molecule has 2 aromatic carbocycles. The van der Waals surface area contributed by atoms with Crippen LogP contribution in [-0.2, 0) is 0 Å². The third-order valence-corrected chi connectivity index (χ3v) is 3.38. The van der Waals surface area contributed by atoms with Gasteiger partial charge in [0.15, 0.2) is 0 Å². The SMILES string of the molecule is CCOc1ccc(NC(=O)c2cccc(Cl)c2N)c(C)c1. The summed E-state index contributed by atoms with van der Waals surface area (Å²) in [6.45, 7) is 4.43. The largest absolute Gasteiger partial charge is 0.494 e. The lowest BCUT2D eigenvalue weighted by Crippen LogP contribution is -2.15. The molecule has 0 aliphatic heterocycles. The number of rotatable bonds is 4. The lowest BCUT2D eigenvalue weighted by molar-refractivity contribution is 0.102. The van der Waals surface area contributed by atoms with Crippen LogP contribution in [0.2, 0.25) is 5.02 Å². The Hall–Kier alpha value is -2.20. The van der Waals surface area contributed by atoms with Crippen molar-refractivity contribution in [1.82, 2.24) is 0 Å². The minimum Gasteiger partial charge on any atom is -0.494 e. The first-order valence-corrected chi connectivity index (χ1v) is 6.99. The van der Waals surface area contributed by atoms with E-state index in [9.17, 15) is 4.79 Å². The third-order valence-electron chi connectivity index (χ3n) is 3.05. The standard InChI is InChI=1S/C16H17ClN2O2/c1-3-21-11-7-8-14(10(2)9-11)19-16(20)12-5-4-6-13(17)15(12)18/h4-9H,3,18H2,1-2H3,(H,19,20). The van der Waals surface area contributed by atoms with Crippen molar-refractivity contribution in [2.45, 2.75) is 13.8 Å². The monoisotopic (exact) mass is 304 g/mol. The number of carbonyl (C=O) groups is 1. The molecule has 0 aliphatic carbocycles. The van der Waals surface area contributed by atoms with E-state index in [0.29, 0.717) is 22.9 Å². The predicted molar refractivity (Wildman–Crippen MR) is 86.2 cm³/mol. The summed E-state index contributed by atoms with van der Waals surface area (Å²) in [5.74, 6) is 0.484. The van der Waals surface area contributed by atoms with Gasteiger partial charge in [0.2, 0.25) is 0 Å². The molecule has 0 aromatic heterocycles. The second kappa shape index (κ2) is 6.50. The molecule has 0 atom stereocenters. The highest BCUT2D eigenvalue weighted by molar-refractivity contribution is 6.34. The number of hydrogen-bond donors (Lipinski definition) is 2. The van der Waals surface area contributed by atoms with Crippen LogP contribution < -0.4 is 15.8 Å². The Morgan fingerprint density at radius 1 is 1.33 bits per heavy atom. The Labute approximate surface area is 128 Å². The van der Waals surface area contributed by atoms with E-state index in [0.717, 1.165) is 11.3 Å². The number of nitrogens with one attached hydrogen (secondary N) is 1. The van der Waals surface area contributed by atoms with E-state index in [1.165, 1.54) is 0 Å². The van der Waals surface area contributed by atoms with E-state index in [1.54, 1.807) is 24.3 Å². The molecule has 4 nitrogen and oxygen atoms in total. The molecular weight excluding hydrogens is 288 g/mol. The van der Waals surface area contributed by atoms with E-state index < -0.39 is 0 Å². The fraction of sp³-hybridized carbons (Fsp3) is 0.188. The van der Waals surface area contributed by atoms with Gasteiger partial charge >= 0.3 is 0 Å². The molecule has 2 aromatic rings. The molecule has 0 saturated carbocycles. The van der Waals surface area contributed by atoms with Crippen LogP contribution in [0.4, 0.5) is 11.4 Å². The molecule has 0 fully saturated rings. The van der Waals surface area contributed by atoms with Gasteiger partial charge in [0.05, 0.1) is 22.9 Å². The number of halogens is 1. The molecule has 0 spiro atoms. The third kappa shape index (κ3) is 3.47. The number of ether oxygens (including phenoxy) is 1. The van der Waals surface area contributed by atoms with Gasteiger partial charge in [0.1, 0.15) is 5.75 Å². The van der Waals surface area contributed by atoms with Gasteiger partial charge in [0, 0.05) is 5.69 Å². The first-order valence-electron chi connectivity index (χ1n) is 6.61. The topological polar surface area (TPSA) is 64.3 Å². The van der Waals surface area contributed by atoms with Crippen molar-refractivity contribution in [2.75, 3.05) is 17.7 Å². The Kier molecular flexibility index (Phi) is 4.70. The molecule has 0 unspecified atom stereocenters. The first kappa shape index (κ1) is 15.2. The number of hydrogen-bond acceptors (Lipinski definition) is 3. The van der Waals surface area contributed by atoms with Crippen LogP contribution >= 0.6 is 11.6 Å². The highest BCUT2D eigenvalue weighted by Gasteiger charge is 2.13. The number of carbonyl (C=O) groups excluding carboxylic acids is 1. The summed E-state index contributed by atoms with van der Waals surface area (Å²) in [5, 5.41) is 3.20. The van der Waals surface area contributed by atoms with Crippen LogP contribution in [0.1, 0.15) is 22.8 Å². The second-order valence-electron chi connectivity index (χ2n) is 4.56. The van der Waals surface area contributed by atoms with Crippen molar-refractivity contribution in [3.8, 4) is 5.75 Å². The number of aryl methyl sites for hydroxylation is 1. The van der Waals surface area contributed by atoms with Crippen LogP contribution in [-0.4, -0.2) is 12.5 Å². The van der Waals surface area contributed by atoms with Crippen LogP contribution in [0, 0.1) is 6.92 Å². The van der Waals surface area contributed by atoms with Crippen molar-refractivity contribution in [3.05, 3.63) is 52.5 Å². The van der Waals surface area contributed by atoms with Gasteiger partial charge in [-0.15, -0.1) is 0 Å². The van der Waals surface area contributed by atoms with Crippen molar-refractivity contribution in [1.29, 1.82) is 0 Å². The van der Waals surface area contributed by atoms with Gasteiger partial charge in [-0.25, -0.2) is 0 Å². The highest BCUT2D eigenvalue weighted by Crippen LogP contribution is 2.25. The zero-order valence-corrected chi connectivity index (χ0v) is 12.7. The molecule has 5 heteroatoms. The van der Waals surface area contributed by atoms with E-state index in [1.807, 2.05) is 26.0 Å². The van der Waals surface area contributed by atoms with Gasteiger partial charge in [0.25, 0.3) is 5.91 Å². The summed E-state index contributed by atoms with van der Waals surface area (Å²) in [6.07, 6.45) is 0. The van der Waals surface area contributed by atoms with Gasteiger partial charge in [-0.1, -0.05) is 17.7 Å². The Bertz CT molecular complexity index is 671. The minimum absolute atomic E-state index is 0.278. The summed E-state index contributed by atoms with van der Waals surface area (Å²) in [7, 11) is 0. The smallest absolute Gasteiger partial charge is 0.257 e. The van der Waals surface area contributed by atoms with Crippen LogP contribution in [0.3, 0.4) is 0 Å². The summed E-state index contributed by atoms with van der Waals surface area (Å²) >= 11 is 5.93. The van der Waals surface area contributed by atoms with Crippen molar-refractivity contribution < 1.29 is 9.53 Å². The zero-order chi connectivity index (χ0) is 15.4. The maximum atomic E-state index is 12.3. The zero-order valence-electron chi connectivity index (χ0n) is 11.9. The molecule has 21 heavy (non-hydrogen) atoms. The fourth-order valence-electron chi connectivity index (χ4n) is 1.96. The summed E-state index contributed by atoms with van der Waals surface area (Å²) in [5.41, 5.74) is 8.08. The van der Waals surface area contributed by atoms with Gasteiger partial charge in [-0.05, 0) is 49.7 Å². The summed E-state index contributed by atoms with van der Waals surface area (Å²) in [6, 6.07) is 10.5. The lowest BCUT2D eigenvalue weighted by Gasteiger charge is -2.12. The Morgan fingerprint density at radius 2 is 2.10 bits per heavy atom. The van der Waals surface area contributed by atoms with Crippen LogP contribution in [0.25, 0.3) is 0 Å². The van der Waals surface area contributed by atoms with Gasteiger partial charge in [-0.2, -0.15) is 0 Å². The number of benzene rings is 2. The van der Waals surface area contributed by atoms with Crippen molar-refractivity contribution >= 4 is 28.9 Å². The van der Waals surface area contributed by atoms with Crippen molar-refractivity contribution in [3.63, 3.8) is 0 Å². The number of amides is 1. The van der Waals surface area contributed by atoms with E-state index >= 15 is 0 Å². The highest BCUT2D eigenvalue weighted by atomic mass is 35.5. The lowest BCUT2D eigenvalue weighted by atomic mass is 10.1. The summed E-state index contributed by atoms with van der Waals surface area (Å²) < 4.78 is 5.42. The number of para-hydroxylation sites is 1. The minimum atomic E-state index is -0.290. The molecule has 1 amide bonds. The molecule has 0 heterocycles. The molecule has 0 aliphatic rings. The van der Waals surface area contributed by atoms with Crippen molar-refractivity contribution in [2.24, 2.45) is 0 Å². The molecule has 0 saturated heterocycles. The maximum Gasteiger partial charge on any atom is 0.257 e. The van der Waals surface area contributed by atoms with Crippen LogP contribution in [0.5, 0.6) is 5.75 Å². The number of nitrogens with two attached hydrogens (primary N) is 1. The molecule has 2 rings (SSSR count). The predicted octanol–water partition coefficient (Wildman–Crippen LogP) is 3.88. The van der Waals surface area contributed by atoms with Gasteiger partial charge in [-0.3, -0.25) is 4.79 Å². The van der Waals surface area contributed by atoms with Gasteiger partial charge < -0.3 is 15.8 Å². The number of anilines is 2. The van der Waals surface area contributed by atoms with Crippen LogP contribution in [0.15, 0.2) is 36.4 Å². The molecule has 3 N–H and O–H groups in total. The molecule has 110 valence electrons. The maximum absolute atomic E-state index is 12.3. The molecular formula is C16H17ClN2O2. The van der Waals surface area contributed by atoms with E-state index in [-0.39, 0.29) is 11.6 Å². The quantitative estimate of drug-likeness (QED) is 0.842. The first-order chi connectivity index (χ1) is 10.0.